The molecule has 1 nitrogen and oxygen atoms in total. The predicted molar refractivity (Wildman–Crippen MR) is 125 cm³/mol. The minimum absolute atomic E-state index is 0.523. The van der Waals surface area contributed by atoms with Gasteiger partial charge in [0.05, 0.1) is 5.02 Å². The lowest BCUT2D eigenvalue weighted by atomic mass is 10.0. The quantitative estimate of drug-likeness (QED) is 0.314. The number of hydrogen-bond acceptors (Lipinski definition) is 1. The van der Waals surface area contributed by atoms with Gasteiger partial charge in [-0.15, -0.1) is 13.2 Å². The SMILES string of the molecule is C=CCCc1ccc(COc2ccc(-c3ccc(CCC=C)cc3)c(Cl)c2)cc1. The molecule has 148 valence electrons. The van der Waals surface area contributed by atoms with E-state index in [1.807, 2.05) is 30.4 Å². The normalized spacial score (nSPS) is 10.5. The fourth-order valence-electron chi connectivity index (χ4n) is 3.18. The molecule has 0 fully saturated rings. The fourth-order valence-corrected chi connectivity index (χ4v) is 3.46. The maximum Gasteiger partial charge on any atom is 0.121 e. The molecule has 0 radical (unpaired) electrons. The molecule has 0 saturated heterocycles. The molecule has 3 aromatic carbocycles. The maximum absolute atomic E-state index is 6.54. The molecule has 0 aliphatic heterocycles. The van der Waals surface area contributed by atoms with Crippen molar-refractivity contribution in [3.63, 3.8) is 0 Å². The molecule has 29 heavy (non-hydrogen) atoms. The highest BCUT2D eigenvalue weighted by Crippen LogP contribution is 2.31. The summed E-state index contributed by atoms with van der Waals surface area (Å²) in [4.78, 5) is 0. The molecule has 3 aromatic rings. The van der Waals surface area contributed by atoms with Gasteiger partial charge >= 0.3 is 0 Å². The van der Waals surface area contributed by atoms with Gasteiger partial charge in [-0.2, -0.15) is 0 Å². The molecular weight excluding hydrogens is 376 g/mol. The van der Waals surface area contributed by atoms with Gasteiger partial charge in [0.2, 0.25) is 0 Å². The first-order chi connectivity index (χ1) is 14.2. The molecule has 0 spiro atoms. The summed E-state index contributed by atoms with van der Waals surface area (Å²) in [5.41, 5.74) is 5.89. The van der Waals surface area contributed by atoms with Crippen LogP contribution in [0, 0.1) is 0 Å². The summed E-state index contributed by atoms with van der Waals surface area (Å²) in [6, 6.07) is 23.0. The van der Waals surface area contributed by atoms with Crippen LogP contribution in [0.2, 0.25) is 5.02 Å². The van der Waals surface area contributed by atoms with Crippen molar-refractivity contribution in [2.45, 2.75) is 32.3 Å². The van der Waals surface area contributed by atoms with Gasteiger partial charge in [0.1, 0.15) is 12.4 Å². The van der Waals surface area contributed by atoms with Crippen LogP contribution in [0.5, 0.6) is 5.75 Å². The number of allylic oxidation sites excluding steroid dienone is 2. The molecular formula is C27H27ClO. The zero-order valence-corrected chi connectivity index (χ0v) is 17.5. The van der Waals surface area contributed by atoms with E-state index in [0.717, 1.165) is 48.1 Å². The van der Waals surface area contributed by atoms with Crippen molar-refractivity contribution < 1.29 is 4.74 Å². The van der Waals surface area contributed by atoms with E-state index in [2.05, 4.69) is 61.7 Å². The highest BCUT2D eigenvalue weighted by molar-refractivity contribution is 6.33. The molecule has 0 saturated carbocycles. The van der Waals surface area contributed by atoms with E-state index in [-0.39, 0.29) is 0 Å². The zero-order chi connectivity index (χ0) is 20.5. The number of rotatable bonds is 10. The molecule has 0 heterocycles. The molecule has 0 aromatic heterocycles. The molecule has 0 aliphatic carbocycles. The molecule has 0 atom stereocenters. The van der Waals surface area contributed by atoms with Crippen LogP contribution in [0.15, 0.2) is 92.0 Å². The third-order valence-corrected chi connectivity index (χ3v) is 5.22. The molecule has 0 N–H and O–H groups in total. The number of halogens is 1. The summed E-state index contributed by atoms with van der Waals surface area (Å²) in [5, 5.41) is 0.695. The van der Waals surface area contributed by atoms with Crippen molar-refractivity contribution in [2.75, 3.05) is 0 Å². The van der Waals surface area contributed by atoms with Gasteiger partial charge in [0.15, 0.2) is 0 Å². The Balaban J connectivity index is 1.61. The molecule has 0 aliphatic rings. The van der Waals surface area contributed by atoms with Gasteiger partial charge in [-0.05, 0) is 66.1 Å². The smallest absolute Gasteiger partial charge is 0.121 e. The largest absolute Gasteiger partial charge is 0.489 e. The lowest BCUT2D eigenvalue weighted by Gasteiger charge is -2.11. The fraction of sp³-hybridized carbons (Fsp3) is 0.185. The van der Waals surface area contributed by atoms with E-state index in [1.165, 1.54) is 11.1 Å². The van der Waals surface area contributed by atoms with E-state index < -0.39 is 0 Å². The first-order valence-electron chi connectivity index (χ1n) is 10.0. The highest BCUT2D eigenvalue weighted by Gasteiger charge is 2.06. The molecule has 2 heteroatoms. The summed E-state index contributed by atoms with van der Waals surface area (Å²) in [7, 11) is 0. The second-order valence-electron chi connectivity index (χ2n) is 7.10. The van der Waals surface area contributed by atoms with Crippen molar-refractivity contribution in [1.29, 1.82) is 0 Å². The van der Waals surface area contributed by atoms with Gasteiger partial charge in [-0.25, -0.2) is 0 Å². The highest BCUT2D eigenvalue weighted by atomic mass is 35.5. The van der Waals surface area contributed by atoms with Crippen LogP contribution in [0.25, 0.3) is 11.1 Å². The number of aryl methyl sites for hydroxylation is 2. The summed E-state index contributed by atoms with van der Waals surface area (Å²) < 4.78 is 5.94. The van der Waals surface area contributed by atoms with Crippen molar-refractivity contribution >= 4 is 11.6 Å². The number of hydrogen-bond donors (Lipinski definition) is 0. The standard InChI is InChI=1S/C27H27ClO/c1-3-5-7-21-9-11-23(12-10-21)20-29-25-17-18-26(27(28)19-25)24-15-13-22(14-16-24)8-6-4-2/h3-4,9-19H,1-2,5-8,20H2. The Morgan fingerprint density at radius 2 is 1.28 bits per heavy atom. The Morgan fingerprint density at radius 3 is 1.83 bits per heavy atom. The van der Waals surface area contributed by atoms with Crippen LogP contribution in [-0.2, 0) is 19.4 Å². The predicted octanol–water partition coefficient (Wildman–Crippen LogP) is 7.82. The Hall–Kier alpha value is -2.77. The van der Waals surface area contributed by atoms with E-state index in [4.69, 9.17) is 16.3 Å². The molecule has 0 unspecified atom stereocenters. The topological polar surface area (TPSA) is 9.23 Å². The van der Waals surface area contributed by atoms with Crippen LogP contribution < -0.4 is 4.74 Å². The molecule has 0 bridgehead atoms. The van der Waals surface area contributed by atoms with Gasteiger partial charge < -0.3 is 4.74 Å². The Labute approximate surface area is 179 Å². The number of benzene rings is 3. The third-order valence-electron chi connectivity index (χ3n) is 4.91. The lowest BCUT2D eigenvalue weighted by Crippen LogP contribution is -1.96. The van der Waals surface area contributed by atoms with Crippen molar-refractivity contribution in [2.24, 2.45) is 0 Å². The van der Waals surface area contributed by atoms with E-state index in [9.17, 15) is 0 Å². The minimum atomic E-state index is 0.523. The second kappa shape index (κ2) is 10.7. The van der Waals surface area contributed by atoms with Gasteiger partial charge in [-0.1, -0.05) is 72.3 Å². The monoisotopic (exact) mass is 402 g/mol. The molecule has 3 rings (SSSR count). The van der Waals surface area contributed by atoms with Crippen LogP contribution in [0.3, 0.4) is 0 Å². The first kappa shape index (κ1) is 21.0. The van der Waals surface area contributed by atoms with Gasteiger partial charge in [-0.3, -0.25) is 0 Å². The minimum Gasteiger partial charge on any atom is -0.489 e. The summed E-state index contributed by atoms with van der Waals surface area (Å²) in [5.74, 6) is 0.775. The second-order valence-corrected chi connectivity index (χ2v) is 7.51. The lowest BCUT2D eigenvalue weighted by molar-refractivity contribution is 0.306. The zero-order valence-electron chi connectivity index (χ0n) is 16.7. The van der Waals surface area contributed by atoms with Crippen molar-refractivity contribution in [3.8, 4) is 16.9 Å². The first-order valence-corrected chi connectivity index (χ1v) is 10.4. The third kappa shape index (κ3) is 6.10. The Morgan fingerprint density at radius 1 is 0.724 bits per heavy atom. The van der Waals surface area contributed by atoms with E-state index >= 15 is 0 Å². The molecule has 0 amide bonds. The van der Waals surface area contributed by atoms with E-state index in [0.29, 0.717) is 11.6 Å². The van der Waals surface area contributed by atoms with Crippen LogP contribution >= 0.6 is 11.6 Å². The van der Waals surface area contributed by atoms with E-state index in [1.54, 1.807) is 0 Å². The Bertz CT molecular complexity index is 939. The summed E-state index contributed by atoms with van der Waals surface area (Å²) in [6.07, 6.45) is 7.92. The maximum atomic E-state index is 6.54. The van der Waals surface area contributed by atoms with Crippen molar-refractivity contribution in [3.05, 3.63) is 114 Å². The van der Waals surface area contributed by atoms with Crippen molar-refractivity contribution in [1.82, 2.24) is 0 Å². The van der Waals surface area contributed by atoms with Gasteiger partial charge in [0, 0.05) is 5.56 Å². The van der Waals surface area contributed by atoms with Crippen LogP contribution in [0.1, 0.15) is 29.5 Å². The summed E-state index contributed by atoms with van der Waals surface area (Å²) in [6.45, 7) is 8.07. The Kier molecular flexibility index (Phi) is 7.72. The average molecular weight is 403 g/mol. The number of ether oxygens (including phenoxy) is 1. The van der Waals surface area contributed by atoms with Crippen LogP contribution in [-0.4, -0.2) is 0 Å². The van der Waals surface area contributed by atoms with Crippen LogP contribution in [0.4, 0.5) is 0 Å². The summed E-state index contributed by atoms with van der Waals surface area (Å²) >= 11 is 6.54. The van der Waals surface area contributed by atoms with Gasteiger partial charge in [0.25, 0.3) is 0 Å². The average Bonchev–Trinajstić information content (AvgIpc) is 2.76.